The Morgan fingerprint density at radius 3 is 2.39 bits per heavy atom. The van der Waals surface area contributed by atoms with E-state index in [1.807, 2.05) is 40.2 Å². The highest BCUT2D eigenvalue weighted by atomic mass is 16.1. The molecule has 1 unspecified atom stereocenters. The van der Waals surface area contributed by atoms with Gasteiger partial charge in [-0.3, -0.25) is 4.79 Å². The Morgan fingerprint density at radius 2 is 1.89 bits per heavy atom. The summed E-state index contributed by atoms with van der Waals surface area (Å²) < 4.78 is 0. The van der Waals surface area contributed by atoms with Crippen LogP contribution in [0.15, 0.2) is 24.3 Å². The summed E-state index contributed by atoms with van der Waals surface area (Å²) in [4.78, 5) is 13.8. The first-order valence-electron chi connectivity index (χ1n) is 6.23. The van der Waals surface area contributed by atoms with Gasteiger partial charge in [0.25, 0.3) is 0 Å². The highest BCUT2D eigenvalue weighted by molar-refractivity contribution is 5.78. The van der Waals surface area contributed by atoms with Crippen LogP contribution in [0.4, 0.5) is 5.69 Å². The molecule has 18 heavy (non-hydrogen) atoms. The van der Waals surface area contributed by atoms with Crippen LogP contribution < -0.4 is 15.5 Å². The first kappa shape index (κ1) is 14.5. The van der Waals surface area contributed by atoms with E-state index in [0.717, 1.165) is 11.3 Å². The fourth-order valence-corrected chi connectivity index (χ4v) is 1.67. The Bertz CT molecular complexity index is 373. The molecule has 1 rings (SSSR count). The summed E-state index contributed by atoms with van der Waals surface area (Å²) in [5.74, 6) is 0.0806. The zero-order valence-corrected chi connectivity index (χ0v) is 11.7. The molecule has 0 saturated carbocycles. The predicted octanol–water partition coefficient (Wildman–Crippen LogP) is 1.22. The minimum absolute atomic E-state index is 0.00366. The monoisotopic (exact) mass is 249 g/mol. The summed E-state index contributed by atoms with van der Waals surface area (Å²) in [6.45, 7) is 3.20. The number of carbonyl (C=O) groups excluding carboxylic acids is 1. The van der Waals surface area contributed by atoms with Gasteiger partial charge in [-0.15, -0.1) is 0 Å². The minimum Gasteiger partial charge on any atom is -0.378 e. The third-order valence-electron chi connectivity index (χ3n) is 2.88. The lowest BCUT2D eigenvalue weighted by Crippen LogP contribution is -2.33. The molecule has 0 radical (unpaired) electrons. The van der Waals surface area contributed by atoms with E-state index in [4.69, 9.17) is 0 Å². The Hall–Kier alpha value is -1.55. The van der Waals surface area contributed by atoms with Crippen LogP contribution in [0, 0.1) is 5.92 Å². The second kappa shape index (κ2) is 7.01. The second-order valence-corrected chi connectivity index (χ2v) is 4.74. The van der Waals surface area contributed by atoms with Crippen molar-refractivity contribution >= 4 is 11.6 Å². The van der Waals surface area contributed by atoms with Crippen LogP contribution in [0.3, 0.4) is 0 Å². The molecular formula is C14H23N3O. The quantitative estimate of drug-likeness (QED) is 0.797. The van der Waals surface area contributed by atoms with Crippen molar-refractivity contribution in [2.24, 2.45) is 5.92 Å². The molecular weight excluding hydrogens is 226 g/mol. The van der Waals surface area contributed by atoms with E-state index in [1.54, 1.807) is 0 Å². The molecule has 100 valence electrons. The zero-order valence-electron chi connectivity index (χ0n) is 11.7. The lowest BCUT2D eigenvalue weighted by atomic mass is 10.1. The largest absolute Gasteiger partial charge is 0.378 e. The molecule has 4 heteroatoms. The number of rotatable bonds is 6. The maximum absolute atomic E-state index is 11.7. The molecule has 0 heterocycles. The van der Waals surface area contributed by atoms with Gasteiger partial charge in [-0.25, -0.2) is 0 Å². The van der Waals surface area contributed by atoms with Crippen molar-refractivity contribution in [1.82, 2.24) is 10.6 Å². The van der Waals surface area contributed by atoms with Crippen LogP contribution in [0.5, 0.6) is 0 Å². The summed E-state index contributed by atoms with van der Waals surface area (Å²) in [6, 6.07) is 8.19. The third-order valence-corrected chi connectivity index (χ3v) is 2.88. The van der Waals surface area contributed by atoms with Crippen LogP contribution in [-0.2, 0) is 11.3 Å². The first-order valence-corrected chi connectivity index (χ1v) is 6.23. The van der Waals surface area contributed by atoms with E-state index in [2.05, 4.69) is 27.7 Å². The number of benzene rings is 1. The summed E-state index contributed by atoms with van der Waals surface area (Å²) in [7, 11) is 5.87. The third kappa shape index (κ3) is 4.37. The Labute approximate surface area is 109 Å². The summed E-state index contributed by atoms with van der Waals surface area (Å²) in [6.07, 6.45) is 0. The van der Waals surface area contributed by atoms with E-state index in [0.29, 0.717) is 13.1 Å². The van der Waals surface area contributed by atoms with Gasteiger partial charge < -0.3 is 15.5 Å². The zero-order chi connectivity index (χ0) is 13.5. The van der Waals surface area contributed by atoms with Crippen molar-refractivity contribution in [3.8, 4) is 0 Å². The van der Waals surface area contributed by atoms with E-state index >= 15 is 0 Å². The number of nitrogens with one attached hydrogen (secondary N) is 2. The van der Waals surface area contributed by atoms with Crippen molar-refractivity contribution in [2.45, 2.75) is 13.5 Å². The van der Waals surface area contributed by atoms with Crippen molar-refractivity contribution < 1.29 is 4.79 Å². The molecule has 0 aliphatic carbocycles. The molecule has 2 N–H and O–H groups in total. The average Bonchev–Trinajstić information content (AvgIpc) is 2.36. The second-order valence-electron chi connectivity index (χ2n) is 4.74. The molecule has 1 aromatic carbocycles. The van der Waals surface area contributed by atoms with Gasteiger partial charge in [0.2, 0.25) is 5.91 Å². The standard InChI is InChI=1S/C14H23N3O/c1-11(9-15-2)14(18)16-10-12-5-7-13(8-6-12)17(3)4/h5-8,11,15H,9-10H2,1-4H3,(H,16,18). The lowest BCUT2D eigenvalue weighted by Gasteiger charge is -2.14. The van der Waals surface area contributed by atoms with Crippen LogP contribution in [0.25, 0.3) is 0 Å². The fraction of sp³-hybridized carbons (Fsp3) is 0.500. The number of anilines is 1. The molecule has 1 amide bonds. The van der Waals surface area contributed by atoms with Crippen molar-refractivity contribution in [1.29, 1.82) is 0 Å². The molecule has 0 saturated heterocycles. The first-order chi connectivity index (χ1) is 8.54. The molecule has 0 aliphatic rings. The number of nitrogens with zero attached hydrogens (tertiary/aromatic N) is 1. The van der Waals surface area contributed by atoms with Crippen molar-refractivity contribution in [2.75, 3.05) is 32.6 Å². The van der Waals surface area contributed by atoms with Gasteiger partial charge in [-0.2, -0.15) is 0 Å². The number of hydrogen-bond acceptors (Lipinski definition) is 3. The van der Waals surface area contributed by atoms with Crippen LogP contribution >= 0.6 is 0 Å². The maximum Gasteiger partial charge on any atom is 0.224 e. The fourth-order valence-electron chi connectivity index (χ4n) is 1.67. The molecule has 0 bridgehead atoms. The van der Waals surface area contributed by atoms with Crippen LogP contribution in [0.2, 0.25) is 0 Å². The number of carbonyl (C=O) groups is 1. The maximum atomic E-state index is 11.7. The van der Waals surface area contributed by atoms with Crippen molar-refractivity contribution in [3.05, 3.63) is 29.8 Å². The van der Waals surface area contributed by atoms with E-state index in [-0.39, 0.29) is 11.8 Å². The van der Waals surface area contributed by atoms with Crippen LogP contribution in [0.1, 0.15) is 12.5 Å². The molecule has 4 nitrogen and oxygen atoms in total. The normalized spacial score (nSPS) is 12.0. The van der Waals surface area contributed by atoms with Gasteiger partial charge in [-0.1, -0.05) is 19.1 Å². The SMILES string of the molecule is CNCC(C)C(=O)NCc1ccc(N(C)C)cc1. The van der Waals surface area contributed by atoms with Gasteiger partial charge in [-0.05, 0) is 24.7 Å². The molecule has 0 fully saturated rings. The Balaban J connectivity index is 2.46. The minimum atomic E-state index is -0.00366. The van der Waals surface area contributed by atoms with Gasteiger partial charge in [0.05, 0.1) is 0 Å². The van der Waals surface area contributed by atoms with Crippen molar-refractivity contribution in [3.63, 3.8) is 0 Å². The summed E-state index contributed by atoms with van der Waals surface area (Å²) in [5, 5.41) is 5.94. The molecule has 0 aliphatic heterocycles. The van der Waals surface area contributed by atoms with Gasteiger partial charge in [0.15, 0.2) is 0 Å². The van der Waals surface area contributed by atoms with E-state index < -0.39 is 0 Å². The van der Waals surface area contributed by atoms with Crippen LogP contribution in [-0.4, -0.2) is 33.6 Å². The van der Waals surface area contributed by atoms with Gasteiger partial charge in [0.1, 0.15) is 0 Å². The van der Waals surface area contributed by atoms with Gasteiger partial charge >= 0.3 is 0 Å². The Kier molecular flexibility index (Phi) is 5.65. The summed E-state index contributed by atoms with van der Waals surface area (Å²) in [5.41, 5.74) is 2.28. The van der Waals surface area contributed by atoms with E-state index in [1.165, 1.54) is 0 Å². The topological polar surface area (TPSA) is 44.4 Å². The predicted molar refractivity (Wildman–Crippen MR) is 75.7 cm³/mol. The lowest BCUT2D eigenvalue weighted by molar-refractivity contribution is -0.124. The summed E-state index contributed by atoms with van der Waals surface area (Å²) >= 11 is 0. The number of amides is 1. The van der Waals surface area contributed by atoms with Gasteiger partial charge in [0, 0.05) is 38.8 Å². The molecule has 1 atom stereocenters. The smallest absolute Gasteiger partial charge is 0.224 e. The highest BCUT2D eigenvalue weighted by Gasteiger charge is 2.10. The van der Waals surface area contributed by atoms with E-state index in [9.17, 15) is 4.79 Å². The highest BCUT2D eigenvalue weighted by Crippen LogP contribution is 2.12. The molecule has 0 spiro atoms. The molecule has 0 aromatic heterocycles. The average molecular weight is 249 g/mol. The number of hydrogen-bond donors (Lipinski definition) is 2. The Morgan fingerprint density at radius 1 is 1.28 bits per heavy atom. The molecule has 1 aromatic rings.